The van der Waals surface area contributed by atoms with Gasteiger partial charge in [0, 0.05) is 19.4 Å². The summed E-state index contributed by atoms with van der Waals surface area (Å²) < 4.78 is 34.8. The van der Waals surface area contributed by atoms with Crippen LogP contribution in [0.5, 0.6) is 0 Å². The molecule has 16 heteroatoms. The van der Waals surface area contributed by atoms with E-state index in [2.05, 4.69) is 10.1 Å². The molecule has 0 spiro atoms. The number of hydrogen-bond donors (Lipinski definition) is 2. The van der Waals surface area contributed by atoms with Gasteiger partial charge in [0.15, 0.2) is 9.84 Å². The number of hydrogen-bond acceptors (Lipinski definition) is 13. The van der Waals surface area contributed by atoms with E-state index in [4.69, 9.17) is 15.4 Å². The summed E-state index contributed by atoms with van der Waals surface area (Å²) in [5.74, 6) is 0.525. The zero-order valence-electron chi connectivity index (χ0n) is 22.4. The van der Waals surface area contributed by atoms with Crippen molar-refractivity contribution < 1.29 is 51.5 Å². The van der Waals surface area contributed by atoms with Gasteiger partial charge >= 0.3 is 18.1 Å². The summed E-state index contributed by atoms with van der Waals surface area (Å²) in [6.45, 7) is 7.62. The highest BCUT2D eigenvalue weighted by atomic mass is 32.2. The predicted molar refractivity (Wildman–Crippen MR) is 130 cm³/mol. The lowest BCUT2D eigenvalue weighted by molar-refractivity contribution is -0.201. The number of nitrogens with zero attached hydrogens (tertiary/aromatic N) is 2. The monoisotopic (exact) mass is 564 g/mol. The predicted octanol–water partition coefficient (Wildman–Crippen LogP) is -0.559. The van der Waals surface area contributed by atoms with E-state index in [1.165, 1.54) is 20.8 Å². The second-order valence-electron chi connectivity index (χ2n) is 10.7. The number of hydrazine groups is 1. The van der Waals surface area contributed by atoms with Gasteiger partial charge in [0.05, 0.1) is 28.4 Å². The van der Waals surface area contributed by atoms with E-state index < -0.39 is 87.2 Å². The van der Waals surface area contributed by atoms with Crippen LogP contribution in [0.2, 0.25) is 0 Å². The van der Waals surface area contributed by atoms with Gasteiger partial charge in [-0.05, 0) is 41.5 Å². The third-order valence-corrected chi connectivity index (χ3v) is 6.65. The molecule has 0 aromatic heterocycles. The number of carbonyl (C=O) groups is 6. The van der Waals surface area contributed by atoms with Gasteiger partial charge in [-0.3, -0.25) is 24.1 Å². The number of amides is 3. The van der Waals surface area contributed by atoms with Crippen molar-refractivity contribution in [2.24, 2.45) is 16.7 Å². The minimum atomic E-state index is -4.01. The first-order valence-electron chi connectivity index (χ1n) is 11.7. The summed E-state index contributed by atoms with van der Waals surface area (Å²) in [6.07, 6.45) is -1.67. The molecule has 1 aliphatic rings. The number of likely N-dealkylation sites (tertiary alicyclic amines) is 1. The van der Waals surface area contributed by atoms with Gasteiger partial charge in [0.25, 0.3) is 0 Å². The highest BCUT2D eigenvalue weighted by molar-refractivity contribution is 7.91. The number of ether oxygens (including phenoxy) is 2. The van der Waals surface area contributed by atoms with Crippen molar-refractivity contribution in [3.63, 3.8) is 0 Å². The van der Waals surface area contributed by atoms with Gasteiger partial charge in [0.1, 0.15) is 13.2 Å². The van der Waals surface area contributed by atoms with E-state index in [9.17, 15) is 37.2 Å². The molecule has 0 aromatic carbocycles. The van der Waals surface area contributed by atoms with Crippen LogP contribution in [-0.2, 0) is 48.1 Å². The van der Waals surface area contributed by atoms with E-state index in [0.717, 1.165) is 0 Å². The van der Waals surface area contributed by atoms with Crippen LogP contribution in [0.15, 0.2) is 0 Å². The first-order valence-corrected chi connectivity index (χ1v) is 13.5. The molecule has 1 atom stereocenters. The maximum Gasteiger partial charge on any atom is 0.516 e. The Hall–Kier alpha value is -3.11. The number of nitrogens with two attached hydrogens (primary N) is 1. The fourth-order valence-electron chi connectivity index (χ4n) is 2.82. The van der Waals surface area contributed by atoms with Crippen LogP contribution < -0.4 is 11.2 Å². The summed E-state index contributed by atoms with van der Waals surface area (Å²) in [5.41, 5.74) is -1.87. The number of rotatable bonds is 11. The zero-order chi connectivity index (χ0) is 29.5. The molecule has 0 aliphatic carbocycles. The van der Waals surface area contributed by atoms with E-state index >= 15 is 0 Å². The fraction of sp³-hybridized carbons (Fsp3) is 0.727. The van der Waals surface area contributed by atoms with Crippen LogP contribution in [0.25, 0.3) is 0 Å². The standard InChI is InChI=1S/C22H36N4O11S/c1-21(2,3)18(30)36-20(32)35-12-14(26-16(28)7-8-17(26)29)13-38(33,34)10-9-24-15(27)11-25(23)37-19(31)22(4,5)6/h14H,7-13,23H2,1-6H3,(H,24,27). The lowest BCUT2D eigenvalue weighted by Gasteiger charge is -2.25. The first kappa shape index (κ1) is 32.9. The van der Waals surface area contributed by atoms with Crippen molar-refractivity contribution in [3.8, 4) is 0 Å². The molecule has 0 aromatic rings. The Bertz CT molecular complexity index is 1030. The molecule has 1 saturated heterocycles. The zero-order valence-corrected chi connectivity index (χ0v) is 23.2. The Morgan fingerprint density at radius 1 is 1.00 bits per heavy atom. The molecule has 1 unspecified atom stereocenters. The third-order valence-electron chi connectivity index (χ3n) is 4.93. The molecule has 3 amide bonds. The summed E-state index contributed by atoms with van der Waals surface area (Å²) >= 11 is 0. The maximum atomic E-state index is 12.7. The highest BCUT2D eigenvalue weighted by Gasteiger charge is 2.38. The lowest BCUT2D eigenvalue weighted by Crippen LogP contribution is -2.48. The van der Waals surface area contributed by atoms with Gasteiger partial charge in [-0.15, -0.1) is 0 Å². The van der Waals surface area contributed by atoms with Gasteiger partial charge in [-0.1, -0.05) is 5.17 Å². The Kier molecular flexibility index (Phi) is 11.4. The minimum Gasteiger partial charge on any atom is -0.432 e. The summed E-state index contributed by atoms with van der Waals surface area (Å²) in [7, 11) is -4.01. The SMILES string of the molecule is CC(C)(C)C(=O)OC(=O)OCC(CS(=O)(=O)CCNC(=O)CN(N)OC(=O)C(C)(C)C)N1C(=O)CCC1=O. The quantitative estimate of drug-likeness (QED) is 0.106. The lowest BCUT2D eigenvalue weighted by atomic mass is 9.98. The van der Waals surface area contributed by atoms with Crippen LogP contribution >= 0.6 is 0 Å². The molecule has 1 fully saturated rings. The van der Waals surface area contributed by atoms with E-state index in [1.54, 1.807) is 20.8 Å². The number of sulfone groups is 1. The maximum absolute atomic E-state index is 12.7. The first-order chi connectivity index (χ1) is 17.2. The van der Waals surface area contributed by atoms with Crippen LogP contribution in [0.1, 0.15) is 54.4 Å². The van der Waals surface area contributed by atoms with Crippen molar-refractivity contribution in [1.82, 2.24) is 15.4 Å². The molecule has 15 nitrogen and oxygen atoms in total. The molecule has 1 aliphatic heterocycles. The Balaban J connectivity index is 2.72. The van der Waals surface area contributed by atoms with Crippen LogP contribution in [0.4, 0.5) is 4.79 Å². The number of imide groups is 1. The molecule has 3 N–H and O–H groups in total. The normalized spacial score (nSPS) is 15.3. The van der Waals surface area contributed by atoms with Gasteiger partial charge in [0.2, 0.25) is 17.7 Å². The minimum absolute atomic E-state index is 0.131. The second kappa shape index (κ2) is 13.1. The molecule has 1 heterocycles. The Labute approximate surface area is 221 Å². The average molecular weight is 565 g/mol. The molecule has 0 radical (unpaired) electrons. The second-order valence-corrected chi connectivity index (χ2v) is 12.9. The largest absolute Gasteiger partial charge is 0.516 e. The Morgan fingerprint density at radius 2 is 1.53 bits per heavy atom. The van der Waals surface area contributed by atoms with E-state index in [-0.39, 0.29) is 19.4 Å². The topological polar surface area (TPSA) is 209 Å². The molecular formula is C22H36N4O11S. The number of hydroxylamine groups is 1. The van der Waals surface area contributed by atoms with Crippen molar-refractivity contribution >= 4 is 45.7 Å². The third kappa shape index (κ3) is 11.1. The molecule has 38 heavy (non-hydrogen) atoms. The summed E-state index contributed by atoms with van der Waals surface area (Å²) in [6, 6.07) is -1.37. The fourth-order valence-corrected chi connectivity index (χ4v) is 4.23. The van der Waals surface area contributed by atoms with Crippen molar-refractivity contribution in [1.29, 1.82) is 0 Å². The van der Waals surface area contributed by atoms with Gasteiger partial charge in [-0.25, -0.2) is 23.8 Å². The molecular weight excluding hydrogens is 528 g/mol. The molecule has 0 saturated carbocycles. The number of esters is 1. The van der Waals surface area contributed by atoms with Crippen LogP contribution in [0, 0.1) is 10.8 Å². The van der Waals surface area contributed by atoms with E-state index in [1.807, 2.05) is 0 Å². The smallest absolute Gasteiger partial charge is 0.432 e. The van der Waals surface area contributed by atoms with Crippen molar-refractivity contribution in [2.45, 2.75) is 60.4 Å². The number of carbonyl (C=O) groups excluding carboxylic acids is 6. The van der Waals surface area contributed by atoms with Crippen LogP contribution in [-0.4, -0.2) is 91.5 Å². The summed E-state index contributed by atoms with van der Waals surface area (Å²) in [5, 5.41) is 2.82. The Morgan fingerprint density at radius 3 is 2.03 bits per heavy atom. The number of nitrogens with one attached hydrogen (secondary N) is 1. The summed E-state index contributed by atoms with van der Waals surface area (Å²) in [4.78, 5) is 77.4. The highest BCUT2D eigenvalue weighted by Crippen LogP contribution is 2.19. The van der Waals surface area contributed by atoms with Crippen molar-refractivity contribution in [3.05, 3.63) is 0 Å². The van der Waals surface area contributed by atoms with Crippen molar-refractivity contribution in [2.75, 3.05) is 31.2 Å². The average Bonchev–Trinajstić information content (AvgIpc) is 3.07. The molecule has 216 valence electrons. The van der Waals surface area contributed by atoms with Gasteiger partial charge in [-0.2, -0.15) is 0 Å². The molecule has 0 bridgehead atoms. The van der Waals surface area contributed by atoms with Gasteiger partial charge < -0.3 is 19.6 Å². The van der Waals surface area contributed by atoms with Crippen LogP contribution in [0.3, 0.4) is 0 Å². The van der Waals surface area contributed by atoms with E-state index in [0.29, 0.717) is 10.1 Å². The molecule has 1 rings (SSSR count).